The van der Waals surface area contributed by atoms with Crippen LogP contribution in [-0.4, -0.2) is 14.5 Å². The minimum Gasteiger partial charge on any atom is -0.454 e. The standard InChI is InChI=1S/C46H27N3O/c1-3-13-28(14-4-1)42-43(29-15-5-2-6-16-29)48-44-32-25-24-31(27-30(32)23-26-37(44)47-42)49-38-21-11-9-19-35(38)40-33-17-7-8-18-34(33)41-36-20-10-12-22-39(36)50-46(41)45(40)49/h1-27H. The molecule has 0 radical (unpaired) electrons. The number of hydrogen-bond donors (Lipinski definition) is 0. The van der Waals surface area contributed by atoms with Crippen LogP contribution in [0.25, 0.3) is 105 Å². The largest absolute Gasteiger partial charge is 0.454 e. The molecule has 0 amide bonds. The van der Waals surface area contributed by atoms with Crippen LogP contribution >= 0.6 is 0 Å². The van der Waals surface area contributed by atoms with Crippen LogP contribution in [0, 0.1) is 0 Å². The average Bonchev–Trinajstić information content (AvgIpc) is 3.75. The minimum atomic E-state index is 0.871. The molecule has 0 saturated heterocycles. The van der Waals surface area contributed by atoms with E-state index in [-0.39, 0.29) is 0 Å². The Morgan fingerprint density at radius 2 is 1.08 bits per heavy atom. The van der Waals surface area contributed by atoms with Gasteiger partial charge in [0.15, 0.2) is 5.58 Å². The normalized spacial score (nSPS) is 12.0. The molecule has 0 atom stereocenters. The Labute approximate surface area is 286 Å². The van der Waals surface area contributed by atoms with E-state index < -0.39 is 0 Å². The van der Waals surface area contributed by atoms with Gasteiger partial charge in [-0.3, -0.25) is 0 Å². The monoisotopic (exact) mass is 637 g/mol. The van der Waals surface area contributed by atoms with Crippen LogP contribution in [0.5, 0.6) is 0 Å². The fraction of sp³-hybridized carbons (Fsp3) is 0. The Hall–Kier alpha value is -6.78. The Balaban J connectivity index is 1.22. The molecule has 50 heavy (non-hydrogen) atoms. The molecule has 0 aliphatic rings. The van der Waals surface area contributed by atoms with Gasteiger partial charge in [-0.15, -0.1) is 0 Å². The first kappa shape index (κ1) is 27.2. The molecule has 3 aromatic heterocycles. The average molecular weight is 638 g/mol. The van der Waals surface area contributed by atoms with E-state index in [0.29, 0.717) is 0 Å². The number of rotatable bonds is 3. The number of benzene rings is 8. The molecule has 8 aromatic carbocycles. The molecular formula is C46H27N3O. The van der Waals surface area contributed by atoms with Gasteiger partial charge >= 0.3 is 0 Å². The van der Waals surface area contributed by atoms with Crippen LogP contribution in [-0.2, 0) is 0 Å². The van der Waals surface area contributed by atoms with Gasteiger partial charge in [0.2, 0.25) is 0 Å². The van der Waals surface area contributed by atoms with E-state index in [1.165, 1.54) is 21.5 Å². The SMILES string of the molecule is c1ccc(-c2nc3ccc4cc(-n5c6ccccc6c6c7ccccc7c7c8ccccc8oc7c65)ccc4c3nc2-c2ccccc2)cc1. The first-order valence-corrected chi connectivity index (χ1v) is 16.9. The summed E-state index contributed by atoms with van der Waals surface area (Å²) in [5.41, 5.74) is 10.7. The summed E-state index contributed by atoms with van der Waals surface area (Å²) in [4.78, 5) is 10.6. The van der Waals surface area contributed by atoms with Crippen molar-refractivity contribution in [3.63, 3.8) is 0 Å². The van der Waals surface area contributed by atoms with E-state index in [4.69, 9.17) is 14.4 Å². The highest BCUT2D eigenvalue weighted by molar-refractivity contribution is 6.35. The molecule has 0 spiro atoms. The Kier molecular flexibility index (Phi) is 5.63. The zero-order chi connectivity index (χ0) is 32.8. The summed E-state index contributed by atoms with van der Waals surface area (Å²) in [6.07, 6.45) is 0. The van der Waals surface area contributed by atoms with Gasteiger partial charge in [-0.25, -0.2) is 9.97 Å². The molecule has 11 aromatic rings. The first-order valence-electron chi connectivity index (χ1n) is 16.9. The molecule has 0 saturated carbocycles. The molecule has 4 nitrogen and oxygen atoms in total. The summed E-state index contributed by atoms with van der Waals surface area (Å²) in [5, 5.41) is 9.28. The molecule has 0 aliphatic heterocycles. The summed E-state index contributed by atoms with van der Waals surface area (Å²) in [5.74, 6) is 0. The second kappa shape index (κ2) is 10.4. The lowest BCUT2D eigenvalue weighted by atomic mass is 9.99. The fourth-order valence-corrected chi connectivity index (χ4v) is 7.96. The molecule has 3 heterocycles. The highest BCUT2D eigenvalue weighted by Gasteiger charge is 2.23. The fourth-order valence-electron chi connectivity index (χ4n) is 7.96. The van der Waals surface area contributed by atoms with Gasteiger partial charge < -0.3 is 8.98 Å². The lowest BCUT2D eigenvalue weighted by Crippen LogP contribution is -1.97. The van der Waals surface area contributed by atoms with E-state index in [1.54, 1.807) is 0 Å². The topological polar surface area (TPSA) is 43.9 Å². The third-order valence-corrected chi connectivity index (χ3v) is 10.1. The van der Waals surface area contributed by atoms with E-state index >= 15 is 0 Å². The van der Waals surface area contributed by atoms with Crippen LogP contribution in [0.4, 0.5) is 0 Å². The molecule has 0 bridgehead atoms. The van der Waals surface area contributed by atoms with E-state index in [1.807, 2.05) is 18.2 Å². The predicted molar refractivity (Wildman–Crippen MR) is 207 cm³/mol. The molecule has 0 aliphatic carbocycles. The molecule has 0 fully saturated rings. The Morgan fingerprint density at radius 3 is 1.84 bits per heavy atom. The van der Waals surface area contributed by atoms with Crippen molar-refractivity contribution >= 4 is 76.3 Å². The Morgan fingerprint density at radius 1 is 0.460 bits per heavy atom. The number of hydrogen-bond acceptors (Lipinski definition) is 3. The van der Waals surface area contributed by atoms with Crippen molar-refractivity contribution in [3.05, 3.63) is 164 Å². The Bertz CT molecular complexity index is 3140. The van der Waals surface area contributed by atoms with Crippen molar-refractivity contribution in [2.45, 2.75) is 0 Å². The van der Waals surface area contributed by atoms with Gasteiger partial charge in [0.05, 0.1) is 33.5 Å². The van der Waals surface area contributed by atoms with Crippen molar-refractivity contribution < 1.29 is 4.42 Å². The lowest BCUT2D eigenvalue weighted by Gasteiger charge is -2.13. The van der Waals surface area contributed by atoms with Crippen molar-refractivity contribution in [2.75, 3.05) is 0 Å². The van der Waals surface area contributed by atoms with Gasteiger partial charge in [-0.2, -0.15) is 0 Å². The van der Waals surface area contributed by atoms with Crippen molar-refractivity contribution in [1.29, 1.82) is 0 Å². The van der Waals surface area contributed by atoms with Gasteiger partial charge in [0.1, 0.15) is 5.58 Å². The lowest BCUT2D eigenvalue weighted by molar-refractivity contribution is 0.671. The quantitative estimate of drug-likeness (QED) is 0.181. The zero-order valence-electron chi connectivity index (χ0n) is 26.8. The number of para-hydroxylation sites is 2. The number of furan rings is 1. The van der Waals surface area contributed by atoms with E-state index in [2.05, 4.69) is 150 Å². The number of aromatic nitrogens is 3. The van der Waals surface area contributed by atoms with Crippen LogP contribution < -0.4 is 0 Å². The number of fused-ring (bicyclic) bond motifs is 13. The van der Waals surface area contributed by atoms with Gasteiger partial charge in [-0.1, -0.05) is 133 Å². The molecule has 4 heteroatoms. The summed E-state index contributed by atoms with van der Waals surface area (Å²) < 4.78 is 9.15. The highest BCUT2D eigenvalue weighted by atomic mass is 16.3. The van der Waals surface area contributed by atoms with Gasteiger partial charge in [0.25, 0.3) is 0 Å². The van der Waals surface area contributed by atoms with Crippen molar-refractivity contribution in [2.24, 2.45) is 0 Å². The highest BCUT2D eigenvalue weighted by Crippen LogP contribution is 2.46. The predicted octanol–water partition coefficient (Wildman–Crippen LogP) is 12.3. The van der Waals surface area contributed by atoms with Crippen LogP contribution in [0.3, 0.4) is 0 Å². The molecule has 11 rings (SSSR count). The maximum atomic E-state index is 6.77. The summed E-state index contributed by atoms with van der Waals surface area (Å²) in [7, 11) is 0. The van der Waals surface area contributed by atoms with Crippen LogP contribution in [0.2, 0.25) is 0 Å². The van der Waals surface area contributed by atoms with Gasteiger partial charge in [-0.05, 0) is 46.5 Å². The van der Waals surface area contributed by atoms with Crippen molar-refractivity contribution in [1.82, 2.24) is 14.5 Å². The minimum absolute atomic E-state index is 0.871. The molecule has 232 valence electrons. The molecule has 0 N–H and O–H groups in total. The van der Waals surface area contributed by atoms with Crippen LogP contribution in [0.15, 0.2) is 168 Å². The molecule has 0 unspecified atom stereocenters. The summed E-state index contributed by atoms with van der Waals surface area (Å²) in [6, 6.07) is 57.5. The second-order valence-corrected chi connectivity index (χ2v) is 12.9. The first-order chi connectivity index (χ1) is 24.8. The van der Waals surface area contributed by atoms with E-state index in [9.17, 15) is 0 Å². The smallest absolute Gasteiger partial charge is 0.160 e. The third kappa shape index (κ3) is 3.81. The zero-order valence-corrected chi connectivity index (χ0v) is 26.8. The third-order valence-electron chi connectivity index (χ3n) is 10.1. The number of nitrogens with zero attached hydrogens (tertiary/aromatic N) is 3. The maximum absolute atomic E-state index is 6.77. The van der Waals surface area contributed by atoms with Gasteiger partial charge in [0, 0.05) is 43.7 Å². The second-order valence-electron chi connectivity index (χ2n) is 12.9. The van der Waals surface area contributed by atoms with Crippen molar-refractivity contribution in [3.8, 4) is 28.2 Å². The maximum Gasteiger partial charge on any atom is 0.160 e. The van der Waals surface area contributed by atoms with Crippen LogP contribution in [0.1, 0.15) is 0 Å². The summed E-state index contributed by atoms with van der Waals surface area (Å²) in [6.45, 7) is 0. The summed E-state index contributed by atoms with van der Waals surface area (Å²) >= 11 is 0. The van der Waals surface area contributed by atoms with E-state index in [0.717, 1.165) is 83.0 Å². The molecular weight excluding hydrogens is 611 g/mol.